The van der Waals surface area contributed by atoms with Crippen LogP contribution in [0, 0.1) is 0 Å². The van der Waals surface area contributed by atoms with E-state index in [0.717, 1.165) is 32.1 Å². The quantitative estimate of drug-likeness (QED) is 0.906. The molecule has 0 bridgehead atoms. The van der Waals surface area contributed by atoms with Crippen molar-refractivity contribution in [3.8, 4) is 0 Å². The minimum atomic E-state index is 0.310. The first kappa shape index (κ1) is 15.5. The van der Waals surface area contributed by atoms with E-state index in [1.165, 1.54) is 43.5 Å². The smallest absolute Gasteiger partial charge is 0.0446 e. The highest BCUT2D eigenvalue weighted by Crippen LogP contribution is 2.26. The second-order valence-corrected chi connectivity index (χ2v) is 7.53. The van der Waals surface area contributed by atoms with Gasteiger partial charge in [-0.05, 0) is 30.7 Å². The zero-order valence-corrected chi connectivity index (χ0v) is 13.7. The van der Waals surface area contributed by atoms with E-state index >= 15 is 0 Å². The third kappa shape index (κ3) is 4.07. The van der Waals surface area contributed by atoms with Crippen LogP contribution in [0.15, 0.2) is 17.5 Å². The zero-order valence-electron chi connectivity index (χ0n) is 12.9. The van der Waals surface area contributed by atoms with Crippen molar-refractivity contribution in [1.29, 1.82) is 0 Å². The highest BCUT2D eigenvalue weighted by molar-refractivity contribution is 7.09. The minimum absolute atomic E-state index is 0.310. The third-order valence-electron chi connectivity index (χ3n) is 5.13. The maximum absolute atomic E-state index is 9.42. The predicted molar refractivity (Wildman–Crippen MR) is 88.7 cm³/mol. The molecule has 1 aromatic rings. The summed E-state index contributed by atoms with van der Waals surface area (Å²) in [6.07, 6.45) is 7.92. The molecule has 0 unspecified atom stereocenters. The summed E-state index contributed by atoms with van der Waals surface area (Å²) in [4.78, 5) is 6.75. The van der Waals surface area contributed by atoms with E-state index < -0.39 is 0 Å². The highest BCUT2D eigenvalue weighted by Gasteiger charge is 2.31. The van der Waals surface area contributed by atoms with Gasteiger partial charge in [-0.1, -0.05) is 25.3 Å². The van der Waals surface area contributed by atoms with E-state index in [9.17, 15) is 5.11 Å². The van der Waals surface area contributed by atoms with E-state index in [2.05, 4.69) is 27.3 Å². The molecular formula is C17H28N2OS. The average Bonchev–Trinajstić information content (AvgIpc) is 3.03. The second-order valence-electron chi connectivity index (χ2n) is 6.50. The molecule has 1 saturated heterocycles. The standard InChI is InChI=1S/C17H28N2OS/c20-11-8-16-13-18(15-5-2-1-3-6-15)9-10-19(16)14-17-7-4-12-21-17/h4,7,12,15-16,20H,1-3,5-6,8-11,13-14H2/t16-/m0/s1. The van der Waals surface area contributed by atoms with Gasteiger partial charge in [0.1, 0.15) is 0 Å². The molecule has 2 aliphatic rings. The Kier molecular flexibility index (Phi) is 5.69. The van der Waals surface area contributed by atoms with E-state index in [-0.39, 0.29) is 0 Å². The van der Waals surface area contributed by atoms with Crippen LogP contribution in [-0.2, 0) is 6.54 Å². The highest BCUT2D eigenvalue weighted by atomic mass is 32.1. The molecule has 0 radical (unpaired) electrons. The number of aliphatic hydroxyl groups is 1. The Bertz CT molecular complexity index is 403. The maximum atomic E-state index is 9.42. The van der Waals surface area contributed by atoms with Crippen molar-refractivity contribution in [1.82, 2.24) is 9.80 Å². The van der Waals surface area contributed by atoms with Gasteiger partial charge >= 0.3 is 0 Å². The van der Waals surface area contributed by atoms with Gasteiger partial charge in [0, 0.05) is 49.7 Å². The number of rotatable bonds is 5. The van der Waals surface area contributed by atoms with Crippen LogP contribution in [0.4, 0.5) is 0 Å². The van der Waals surface area contributed by atoms with Crippen LogP contribution in [0.3, 0.4) is 0 Å². The molecule has 0 amide bonds. The SMILES string of the molecule is OCC[C@H]1CN(C2CCCCC2)CCN1Cc1cccs1. The molecule has 1 N–H and O–H groups in total. The second kappa shape index (κ2) is 7.73. The van der Waals surface area contributed by atoms with Gasteiger partial charge < -0.3 is 5.11 Å². The predicted octanol–water partition coefficient (Wildman–Crippen LogP) is 2.95. The number of piperazine rings is 1. The summed E-state index contributed by atoms with van der Waals surface area (Å²) in [5.41, 5.74) is 0. The van der Waals surface area contributed by atoms with E-state index in [1.807, 2.05) is 11.3 Å². The molecule has 1 aliphatic carbocycles. The molecule has 3 rings (SSSR count). The normalized spacial score (nSPS) is 26.2. The van der Waals surface area contributed by atoms with Crippen molar-refractivity contribution in [3.05, 3.63) is 22.4 Å². The summed E-state index contributed by atoms with van der Waals surface area (Å²) < 4.78 is 0. The Morgan fingerprint density at radius 3 is 2.76 bits per heavy atom. The summed E-state index contributed by atoms with van der Waals surface area (Å²) in [6.45, 7) is 4.87. The molecule has 1 atom stereocenters. The van der Waals surface area contributed by atoms with Gasteiger partial charge in [-0.3, -0.25) is 9.80 Å². The van der Waals surface area contributed by atoms with Crippen LogP contribution in [0.1, 0.15) is 43.4 Å². The largest absolute Gasteiger partial charge is 0.396 e. The third-order valence-corrected chi connectivity index (χ3v) is 5.99. The van der Waals surface area contributed by atoms with E-state index in [4.69, 9.17) is 0 Å². The van der Waals surface area contributed by atoms with Crippen LogP contribution in [-0.4, -0.2) is 53.2 Å². The van der Waals surface area contributed by atoms with Crippen LogP contribution in [0.25, 0.3) is 0 Å². The van der Waals surface area contributed by atoms with E-state index in [1.54, 1.807) is 0 Å². The summed E-state index contributed by atoms with van der Waals surface area (Å²) in [7, 11) is 0. The lowest BCUT2D eigenvalue weighted by Crippen LogP contribution is -2.55. The molecule has 2 fully saturated rings. The first-order valence-electron chi connectivity index (χ1n) is 8.48. The van der Waals surface area contributed by atoms with Gasteiger partial charge in [-0.25, -0.2) is 0 Å². The van der Waals surface area contributed by atoms with Gasteiger partial charge in [-0.2, -0.15) is 0 Å². The van der Waals surface area contributed by atoms with Gasteiger partial charge in [0.15, 0.2) is 0 Å². The van der Waals surface area contributed by atoms with Gasteiger partial charge in [0.2, 0.25) is 0 Å². The lowest BCUT2D eigenvalue weighted by Gasteiger charge is -2.45. The topological polar surface area (TPSA) is 26.7 Å². The zero-order chi connectivity index (χ0) is 14.5. The Morgan fingerprint density at radius 2 is 2.05 bits per heavy atom. The first-order valence-corrected chi connectivity index (χ1v) is 9.36. The number of hydrogen-bond donors (Lipinski definition) is 1. The summed E-state index contributed by atoms with van der Waals surface area (Å²) in [5.74, 6) is 0. The molecule has 21 heavy (non-hydrogen) atoms. The van der Waals surface area contributed by atoms with Crippen molar-refractivity contribution >= 4 is 11.3 Å². The molecule has 4 heteroatoms. The first-order chi connectivity index (χ1) is 10.4. The van der Waals surface area contributed by atoms with Crippen LogP contribution in [0.2, 0.25) is 0 Å². The molecule has 118 valence electrons. The van der Waals surface area contributed by atoms with Gasteiger partial charge in [0.25, 0.3) is 0 Å². The fourth-order valence-electron chi connectivity index (χ4n) is 3.93. The molecule has 0 spiro atoms. The van der Waals surface area contributed by atoms with Gasteiger partial charge in [-0.15, -0.1) is 11.3 Å². The molecule has 1 aliphatic heterocycles. The fourth-order valence-corrected chi connectivity index (χ4v) is 4.66. The molecule has 2 heterocycles. The summed E-state index contributed by atoms with van der Waals surface area (Å²) >= 11 is 1.85. The van der Waals surface area contributed by atoms with Gasteiger partial charge in [0.05, 0.1) is 0 Å². The Balaban J connectivity index is 1.59. The van der Waals surface area contributed by atoms with Crippen molar-refractivity contribution < 1.29 is 5.11 Å². The Hall–Kier alpha value is -0.420. The lowest BCUT2D eigenvalue weighted by atomic mass is 9.93. The number of aliphatic hydroxyl groups excluding tert-OH is 1. The van der Waals surface area contributed by atoms with Crippen LogP contribution in [0.5, 0.6) is 0 Å². The average molecular weight is 308 g/mol. The monoisotopic (exact) mass is 308 g/mol. The summed E-state index contributed by atoms with van der Waals surface area (Å²) in [6, 6.07) is 5.70. The molecule has 0 aromatic carbocycles. The minimum Gasteiger partial charge on any atom is -0.396 e. The van der Waals surface area contributed by atoms with E-state index in [0.29, 0.717) is 12.6 Å². The lowest BCUT2D eigenvalue weighted by molar-refractivity contribution is 0.0227. The Morgan fingerprint density at radius 1 is 1.19 bits per heavy atom. The van der Waals surface area contributed by atoms with Crippen molar-refractivity contribution in [2.75, 3.05) is 26.2 Å². The number of hydrogen-bond acceptors (Lipinski definition) is 4. The van der Waals surface area contributed by atoms with Crippen LogP contribution >= 0.6 is 11.3 Å². The number of thiophene rings is 1. The summed E-state index contributed by atoms with van der Waals surface area (Å²) in [5, 5.41) is 11.6. The molecule has 1 aromatic heterocycles. The fraction of sp³-hybridized carbons (Fsp3) is 0.765. The maximum Gasteiger partial charge on any atom is 0.0446 e. The molecule has 3 nitrogen and oxygen atoms in total. The Labute approximate surface area is 132 Å². The van der Waals surface area contributed by atoms with Crippen molar-refractivity contribution in [2.45, 2.75) is 57.2 Å². The number of nitrogens with zero attached hydrogens (tertiary/aromatic N) is 2. The van der Waals surface area contributed by atoms with Crippen molar-refractivity contribution in [3.63, 3.8) is 0 Å². The molecule has 1 saturated carbocycles. The van der Waals surface area contributed by atoms with Crippen molar-refractivity contribution in [2.24, 2.45) is 0 Å². The molecular weight excluding hydrogens is 280 g/mol. The van der Waals surface area contributed by atoms with Crippen LogP contribution < -0.4 is 0 Å².